The van der Waals surface area contributed by atoms with E-state index in [1.54, 1.807) is 0 Å². The van der Waals surface area contributed by atoms with Gasteiger partial charge in [0.1, 0.15) is 13.1 Å². The lowest BCUT2D eigenvalue weighted by Gasteiger charge is -2.19. The fourth-order valence-corrected chi connectivity index (χ4v) is 4.56. The molecule has 0 aromatic heterocycles. The van der Waals surface area contributed by atoms with E-state index < -0.39 is 10.2 Å². The van der Waals surface area contributed by atoms with E-state index in [4.69, 9.17) is 18.6 Å². The Morgan fingerprint density at radius 2 is 1.03 bits per heavy atom. The van der Waals surface area contributed by atoms with E-state index in [2.05, 4.69) is 127 Å². The van der Waals surface area contributed by atoms with Crippen molar-refractivity contribution in [1.29, 1.82) is 0 Å². The van der Waals surface area contributed by atoms with Crippen molar-refractivity contribution in [1.82, 2.24) is 4.90 Å². The summed E-state index contributed by atoms with van der Waals surface area (Å²) in [5.74, 6) is 1.29. The molecule has 1 aliphatic heterocycles. The fraction of sp³-hybridized carbons (Fsp3) is 0.138. The number of hydrogen-bond donors (Lipinski definition) is 0. The first-order valence-corrected chi connectivity index (χ1v) is 12.7. The van der Waals surface area contributed by atoms with Crippen LogP contribution < -0.4 is 18.6 Å². The predicted molar refractivity (Wildman–Crippen MR) is 131 cm³/mol. The van der Waals surface area contributed by atoms with Crippen molar-refractivity contribution in [2.45, 2.75) is 0 Å². The first-order chi connectivity index (χ1) is 17.2. The Hall–Kier alpha value is -3.52. The highest BCUT2D eigenvalue weighted by Crippen LogP contribution is 2.38. The molecule has 0 fully saturated rings. The molecular formula is C29H27ClN2O4. The van der Waals surface area contributed by atoms with Crippen LogP contribution in [0.15, 0.2) is 103 Å². The van der Waals surface area contributed by atoms with Crippen molar-refractivity contribution in [2.75, 3.05) is 27.2 Å². The zero-order chi connectivity index (χ0) is 25.7. The third-order valence-electron chi connectivity index (χ3n) is 6.13. The Kier molecular flexibility index (Phi) is 7.84. The summed E-state index contributed by atoms with van der Waals surface area (Å²) in [6.07, 6.45) is 0. The van der Waals surface area contributed by atoms with Crippen LogP contribution in [0.1, 0.15) is 5.56 Å². The molecule has 5 rings (SSSR count). The number of benzene rings is 4. The van der Waals surface area contributed by atoms with Crippen molar-refractivity contribution in [2.24, 2.45) is 0 Å². The predicted octanol–water partition coefficient (Wildman–Crippen LogP) is 1.27. The van der Waals surface area contributed by atoms with Gasteiger partial charge in [0, 0.05) is 0 Å². The van der Waals surface area contributed by atoms with Crippen molar-refractivity contribution >= 4 is 5.84 Å². The maximum Gasteiger partial charge on any atom is 0.280 e. The highest BCUT2D eigenvalue weighted by molar-refractivity contribution is 6.09. The van der Waals surface area contributed by atoms with E-state index in [1.165, 1.54) is 44.8 Å². The van der Waals surface area contributed by atoms with Gasteiger partial charge >= 0.3 is 0 Å². The summed E-state index contributed by atoms with van der Waals surface area (Å²) in [6.45, 7) is 2.07. The summed E-state index contributed by atoms with van der Waals surface area (Å²) < 4.78 is 36.4. The topological polar surface area (TPSA) is 98.5 Å². The molecule has 7 heteroatoms. The normalized spacial score (nSPS) is 13.4. The molecule has 6 nitrogen and oxygen atoms in total. The van der Waals surface area contributed by atoms with E-state index in [0.29, 0.717) is 0 Å². The molecule has 0 unspecified atom stereocenters. The Balaban J connectivity index is 0.000000556. The molecule has 4 aromatic rings. The van der Waals surface area contributed by atoms with Crippen LogP contribution in [0.4, 0.5) is 0 Å². The molecule has 0 saturated heterocycles. The van der Waals surface area contributed by atoms with Crippen molar-refractivity contribution < 1.29 is 33.5 Å². The van der Waals surface area contributed by atoms with Gasteiger partial charge in [0.15, 0.2) is 0 Å². The summed E-state index contributed by atoms with van der Waals surface area (Å²) in [6, 6.07) is 37.0. The molecule has 0 radical (unpaired) electrons. The smallest absolute Gasteiger partial charge is 0.260 e. The second kappa shape index (κ2) is 11.0. The van der Waals surface area contributed by atoms with Gasteiger partial charge in [0.25, 0.3) is 5.84 Å². The molecule has 0 saturated carbocycles. The van der Waals surface area contributed by atoms with Gasteiger partial charge in [-0.1, -0.05) is 91.0 Å². The van der Waals surface area contributed by atoms with Crippen LogP contribution in [-0.4, -0.2) is 42.5 Å². The lowest BCUT2D eigenvalue weighted by molar-refractivity contribution is -2.00. The number of hydrogen-bond acceptors (Lipinski definition) is 5. The first-order valence-electron chi connectivity index (χ1n) is 11.5. The van der Waals surface area contributed by atoms with Gasteiger partial charge in [-0.2, -0.15) is 0 Å². The lowest BCUT2D eigenvalue weighted by atomic mass is 9.87. The number of rotatable bonds is 4. The van der Waals surface area contributed by atoms with Gasteiger partial charge in [-0.15, -0.1) is 10.2 Å². The maximum atomic E-state index is 8.49. The van der Waals surface area contributed by atoms with E-state index in [1.807, 2.05) is 0 Å². The monoisotopic (exact) mass is 502 g/mol. The van der Waals surface area contributed by atoms with Crippen LogP contribution in [0.25, 0.3) is 33.4 Å². The third kappa shape index (κ3) is 6.18. The molecule has 0 bridgehead atoms. The zero-order valence-corrected chi connectivity index (χ0v) is 20.9. The Labute approximate surface area is 213 Å². The second-order valence-corrected chi connectivity index (χ2v) is 9.35. The third-order valence-corrected chi connectivity index (χ3v) is 6.13. The van der Waals surface area contributed by atoms with Gasteiger partial charge in [0.2, 0.25) is 0 Å². The summed E-state index contributed by atoms with van der Waals surface area (Å²) in [4.78, 5) is 2.39. The van der Waals surface area contributed by atoms with Crippen molar-refractivity contribution in [3.8, 4) is 33.4 Å². The molecule has 0 N–H and O–H groups in total. The summed E-state index contributed by atoms with van der Waals surface area (Å²) in [5.41, 5.74) is 8.82. The highest BCUT2D eigenvalue weighted by Gasteiger charge is 2.32. The zero-order valence-electron chi connectivity index (χ0n) is 20.1. The molecular weight excluding hydrogens is 476 g/mol. The van der Waals surface area contributed by atoms with E-state index in [0.717, 1.165) is 13.1 Å². The van der Waals surface area contributed by atoms with Crippen LogP contribution in [-0.2, 0) is 0 Å². The lowest BCUT2D eigenvalue weighted by Crippen LogP contribution is -2.68. The molecule has 0 atom stereocenters. The van der Waals surface area contributed by atoms with Crippen molar-refractivity contribution in [3.05, 3.63) is 109 Å². The van der Waals surface area contributed by atoms with Gasteiger partial charge < -0.3 is 0 Å². The van der Waals surface area contributed by atoms with Crippen LogP contribution in [0, 0.1) is 10.2 Å². The van der Waals surface area contributed by atoms with Gasteiger partial charge in [-0.25, -0.2) is 18.6 Å². The van der Waals surface area contributed by atoms with E-state index in [9.17, 15) is 0 Å². The Bertz CT molecular complexity index is 1270. The van der Waals surface area contributed by atoms with Gasteiger partial charge in [0.05, 0.1) is 19.7 Å². The molecule has 0 aliphatic carbocycles. The summed E-state index contributed by atoms with van der Waals surface area (Å²) in [7, 11) is -0.541. The molecule has 0 amide bonds. The number of likely N-dealkylation sites (N-methyl/N-ethyl adjacent to an activating group) is 2. The molecule has 1 heterocycles. The Morgan fingerprint density at radius 1 is 0.639 bits per heavy atom. The second-order valence-electron chi connectivity index (χ2n) is 8.59. The fourth-order valence-electron chi connectivity index (χ4n) is 4.56. The highest BCUT2D eigenvalue weighted by atomic mass is 35.7. The molecule has 184 valence electrons. The Morgan fingerprint density at radius 3 is 1.39 bits per heavy atom. The SMILES string of the molecule is CN1CC[N+](C)=C1c1c(-c2ccccc2)cc(-c2ccccc2)cc1-c1ccccc1.[O-][Cl+3]([O-])([O-])[O-]. The van der Waals surface area contributed by atoms with Gasteiger partial charge in [-0.05, 0) is 45.5 Å². The minimum absolute atomic E-state index is 1.04. The van der Waals surface area contributed by atoms with Gasteiger partial charge in [-0.3, -0.25) is 9.48 Å². The van der Waals surface area contributed by atoms with Crippen LogP contribution in [0.3, 0.4) is 0 Å². The van der Waals surface area contributed by atoms with Crippen LogP contribution in [0.5, 0.6) is 0 Å². The quantitative estimate of drug-likeness (QED) is 0.391. The molecule has 1 aliphatic rings. The number of nitrogens with zero attached hydrogens (tertiary/aromatic N) is 2. The first kappa shape index (κ1) is 25.6. The van der Waals surface area contributed by atoms with E-state index >= 15 is 0 Å². The summed E-state index contributed by atoms with van der Waals surface area (Å²) in [5, 5.41) is 0. The minimum atomic E-state index is -4.94. The van der Waals surface area contributed by atoms with Crippen molar-refractivity contribution in [3.63, 3.8) is 0 Å². The average molecular weight is 503 g/mol. The standard InChI is InChI=1S/C29H27N2.ClHO4/c1-30-18-19-31(2)29(30)28-26(23-14-8-4-9-15-23)20-25(22-12-6-3-7-13-22)21-27(28)24-16-10-5-11-17-24;2-1(3,4)5/h3-17,20-21H,18-19H2,1-2H3;(H,2,3,4,5)/q+1;/p-1. The van der Waals surface area contributed by atoms with Crippen LogP contribution in [0.2, 0.25) is 0 Å². The molecule has 0 spiro atoms. The average Bonchev–Trinajstić information content (AvgIpc) is 3.21. The molecule has 36 heavy (non-hydrogen) atoms. The minimum Gasteiger partial charge on any atom is -0.260 e. The largest absolute Gasteiger partial charge is 0.280 e. The maximum absolute atomic E-state index is 8.49. The van der Waals surface area contributed by atoms with E-state index in [-0.39, 0.29) is 0 Å². The summed E-state index contributed by atoms with van der Waals surface area (Å²) >= 11 is 0. The number of halogens is 1. The number of amidine groups is 1. The van der Waals surface area contributed by atoms with Crippen LogP contribution >= 0.6 is 0 Å². The molecule has 4 aromatic carbocycles.